The molecule has 2 nitrogen and oxygen atoms in total. The lowest BCUT2D eigenvalue weighted by molar-refractivity contribution is 0.911. The average Bonchev–Trinajstić information content (AvgIpc) is 2.39. The summed E-state index contributed by atoms with van der Waals surface area (Å²) in [4.78, 5) is 4.22. The quantitative estimate of drug-likeness (QED) is 0.782. The molecule has 0 amide bonds. The molecular formula is C8H6BrFN2S. The number of benzene rings is 1. The second-order valence-corrected chi connectivity index (χ2v) is 4.07. The molecule has 0 spiro atoms. The molecule has 2 aromatic rings. The number of hydrogen-bond acceptors (Lipinski definition) is 2. The van der Waals surface area contributed by atoms with E-state index in [1.807, 2.05) is 18.2 Å². The Morgan fingerprint density at radius 2 is 2.31 bits per heavy atom. The maximum absolute atomic E-state index is 12.5. The van der Waals surface area contributed by atoms with Crippen molar-refractivity contribution in [2.24, 2.45) is 0 Å². The zero-order chi connectivity index (χ0) is 9.42. The van der Waals surface area contributed by atoms with Gasteiger partial charge in [-0.3, -0.25) is 0 Å². The number of aryl methyl sites for hydroxylation is 1. The van der Waals surface area contributed by atoms with Gasteiger partial charge in [0.1, 0.15) is 5.82 Å². The summed E-state index contributed by atoms with van der Waals surface area (Å²) in [5, 5.41) is 0. The fourth-order valence-electron chi connectivity index (χ4n) is 1.24. The summed E-state index contributed by atoms with van der Waals surface area (Å²) in [6.07, 6.45) is 0. The Morgan fingerprint density at radius 3 is 3.00 bits per heavy atom. The molecule has 13 heavy (non-hydrogen) atoms. The van der Waals surface area contributed by atoms with Crippen molar-refractivity contribution >= 4 is 39.3 Å². The van der Waals surface area contributed by atoms with Gasteiger partial charge in [0.15, 0.2) is 12.3 Å². The van der Waals surface area contributed by atoms with Crippen molar-refractivity contribution in [2.45, 2.75) is 6.92 Å². The van der Waals surface area contributed by atoms with Crippen LogP contribution >= 0.6 is 28.3 Å². The Bertz CT molecular complexity index is 455. The standard InChI is InChI=1S/C8H6BrFN2S/c1-5-11-7-4-6(9)2-3-8(7)12(5)13-10/h2-4H,1H3. The minimum atomic E-state index is 0.176. The number of halogens is 2. The molecule has 5 heteroatoms. The van der Waals surface area contributed by atoms with Gasteiger partial charge in [0.25, 0.3) is 0 Å². The first-order valence-corrected chi connectivity index (χ1v) is 5.13. The summed E-state index contributed by atoms with van der Waals surface area (Å²) < 4.78 is 14.9. The SMILES string of the molecule is Cc1nc2cc(Br)ccc2n1SF. The van der Waals surface area contributed by atoms with E-state index >= 15 is 0 Å². The average molecular weight is 261 g/mol. The van der Waals surface area contributed by atoms with Crippen molar-refractivity contribution in [1.82, 2.24) is 8.96 Å². The molecule has 1 heterocycles. The third-order valence-electron chi connectivity index (χ3n) is 1.80. The molecule has 1 aromatic carbocycles. The first-order chi connectivity index (χ1) is 6.22. The fraction of sp³-hybridized carbons (Fsp3) is 0.125. The van der Waals surface area contributed by atoms with E-state index in [-0.39, 0.29) is 12.3 Å². The second-order valence-electron chi connectivity index (χ2n) is 2.66. The van der Waals surface area contributed by atoms with Gasteiger partial charge in [0, 0.05) is 4.47 Å². The van der Waals surface area contributed by atoms with Gasteiger partial charge in [-0.1, -0.05) is 15.9 Å². The lowest BCUT2D eigenvalue weighted by Gasteiger charge is -1.95. The lowest BCUT2D eigenvalue weighted by atomic mass is 10.3. The van der Waals surface area contributed by atoms with Gasteiger partial charge in [0.05, 0.1) is 11.0 Å². The van der Waals surface area contributed by atoms with Crippen molar-refractivity contribution in [3.63, 3.8) is 0 Å². The second kappa shape index (κ2) is 3.31. The number of imidazole rings is 1. The largest absolute Gasteiger partial charge is 0.242 e. The zero-order valence-electron chi connectivity index (χ0n) is 6.79. The van der Waals surface area contributed by atoms with E-state index in [9.17, 15) is 3.89 Å². The van der Waals surface area contributed by atoms with Gasteiger partial charge < -0.3 is 0 Å². The highest BCUT2D eigenvalue weighted by molar-refractivity contribution is 9.10. The van der Waals surface area contributed by atoms with Crippen LogP contribution in [0.4, 0.5) is 3.89 Å². The van der Waals surface area contributed by atoms with Crippen LogP contribution in [-0.2, 0) is 0 Å². The number of hydrogen-bond donors (Lipinski definition) is 0. The maximum atomic E-state index is 12.5. The molecule has 2 rings (SSSR count). The molecule has 0 N–H and O–H groups in total. The van der Waals surface area contributed by atoms with Crippen molar-refractivity contribution in [2.75, 3.05) is 0 Å². The van der Waals surface area contributed by atoms with Crippen molar-refractivity contribution in [3.8, 4) is 0 Å². The molecule has 0 fully saturated rings. The summed E-state index contributed by atoms with van der Waals surface area (Å²) in [5.41, 5.74) is 1.60. The van der Waals surface area contributed by atoms with Gasteiger partial charge in [-0.2, -0.15) is 0 Å². The molecular weight excluding hydrogens is 255 g/mol. The first-order valence-electron chi connectivity index (χ1n) is 3.66. The van der Waals surface area contributed by atoms with E-state index in [2.05, 4.69) is 20.9 Å². The topological polar surface area (TPSA) is 17.8 Å². The third kappa shape index (κ3) is 1.46. The molecule has 0 unspecified atom stereocenters. The molecule has 0 aliphatic carbocycles. The van der Waals surface area contributed by atoms with E-state index in [0.29, 0.717) is 5.82 Å². The van der Waals surface area contributed by atoms with Crippen LogP contribution in [0.2, 0.25) is 0 Å². The highest BCUT2D eigenvalue weighted by Crippen LogP contribution is 2.24. The summed E-state index contributed by atoms with van der Waals surface area (Å²) >= 11 is 3.51. The molecule has 0 aliphatic heterocycles. The third-order valence-corrected chi connectivity index (χ3v) is 2.89. The summed E-state index contributed by atoms with van der Waals surface area (Å²) in [6, 6.07) is 5.58. The number of fused-ring (bicyclic) bond motifs is 1. The van der Waals surface area contributed by atoms with Crippen LogP contribution < -0.4 is 0 Å². The van der Waals surface area contributed by atoms with Crippen molar-refractivity contribution in [3.05, 3.63) is 28.5 Å². The molecule has 0 saturated heterocycles. The molecule has 0 saturated carbocycles. The molecule has 0 bridgehead atoms. The van der Waals surface area contributed by atoms with Crippen LogP contribution in [-0.4, -0.2) is 8.96 Å². The van der Waals surface area contributed by atoms with Gasteiger partial charge in [-0.05, 0) is 25.1 Å². The summed E-state index contributed by atoms with van der Waals surface area (Å²) in [7, 11) is 0. The van der Waals surface area contributed by atoms with E-state index in [1.165, 1.54) is 3.97 Å². The fourth-order valence-corrected chi connectivity index (χ4v) is 1.96. The van der Waals surface area contributed by atoms with Crippen molar-refractivity contribution in [1.29, 1.82) is 0 Å². The highest BCUT2D eigenvalue weighted by Gasteiger charge is 2.07. The van der Waals surface area contributed by atoms with E-state index in [1.54, 1.807) is 6.92 Å². The van der Waals surface area contributed by atoms with E-state index in [0.717, 1.165) is 15.5 Å². The predicted molar refractivity (Wildman–Crippen MR) is 56.3 cm³/mol. The van der Waals surface area contributed by atoms with Crippen LogP contribution in [0.15, 0.2) is 22.7 Å². The summed E-state index contributed by atoms with van der Waals surface area (Å²) in [5.74, 6) is 0.667. The predicted octanol–water partition coefficient (Wildman–Crippen LogP) is 3.49. The lowest BCUT2D eigenvalue weighted by Crippen LogP contribution is -1.85. The minimum absolute atomic E-state index is 0.176. The van der Waals surface area contributed by atoms with Crippen LogP contribution in [0.25, 0.3) is 11.0 Å². The smallest absolute Gasteiger partial charge is 0.171 e. The van der Waals surface area contributed by atoms with Gasteiger partial charge in [0.2, 0.25) is 0 Å². The molecule has 68 valence electrons. The monoisotopic (exact) mass is 260 g/mol. The van der Waals surface area contributed by atoms with Gasteiger partial charge in [-0.15, -0.1) is 3.89 Å². The molecule has 0 aliphatic rings. The van der Waals surface area contributed by atoms with E-state index < -0.39 is 0 Å². The number of nitrogens with zero attached hydrogens (tertiary/aromatic N) is 2. The highest BCUT2D eigenvalue weighted by atomic mass is 79.9. The van der Waals surface area contributed by atoms with Gasteiger partial charge >= 0.3 is 0 Å². The molecule has 0 atom stereocenters. The Morgan fingerprint density at radius 1 is 1.54 bits per heavy atom. The van der Waals surface area contributed by atoms with E-state index in [4.69, 9.17) is 0 Å². The van der Waals surface area contributed by atoms with Crippen LogP contribution in [0.1, 0.15) is 5.82 Å². The zero-order valence-corrected chi connectivity index (χ0v) is 9.19. The minimum Gasteiger partial charge on any atom is -0.242 e. The van der Waals surface area contributed by atoms with Crippen LogP contribution in [0.3, 0.4) is 0 Å². The maximum Gasteiger partial charge on any atom is 0.171 e. The Labute approximate surface area is 87.7 Å². The molecule has 0 radical (unpaired) electrons. The summed E-state index contributed by atoms with van der Waals surface area (Å²) in [6.45, 7) is 1.78. The Kier molecular flexibility index (Phi) is 2.29. The molecule has 1 aromatic heterocycles. The van der Waals surface area contributed by atoms with Crippen molar-refractivity contribution < 1.29 is 3.89 Å². The Balaban J connectivity index is 2.79. The number of rotatable bonds is 1. The van der Waals surface area contributed by atoms with Gasteiger partial charge in [-0.25, -0.2) is 8.96 Å². The van der Waals surface area contributed by atoms with Crippen LogP contribution in [0, 0.1) is 6.92 Å². The van der Waals surface area contributed by atoms with Crippen LogP contribution in [0.5, 0.6) is 0 Å². The normalized spacial score (nSPS) is 11.0. The Hall–Kier alpha value is -0.550. The first kappa shape index (κ1) is 9.02. The number of aromatic nitrogens is 2.